The van der Waals surface area contributed by atoms with Crippen molar-refractivity contribution >= 4 is 17.2 Å². The van der Waals surface area contributed by atoms with E-state index in [-0.39, 0.29) is 11.3 Å². The van der Waals surface area contributed by atoms with Gasteiger partial charge in [-0.25, -0.2) is 0 Å². The smallest absolute Gasteiger partial charge is 0.225 e. The van der Waals surface area contributed by atoms with Crippen LogP contribution in [0.25, 0.3) is 0 Å². The Bertz CT molecular complexity index is 327. The highest BCUT2D eigenvalue weighted by atomic mass is 32.1. The van der Waals surface area contributed by atoms with Gasteiger partial charge in [-0.2, -0.15) is 0 Å². The predicted molar refractivity (Wildman–Crippen MR) is 55.9 cm³/mol. The number of carbonyl (C=O) groups excluding carboxylic acids is 1. The van der Waals surface area contributed by atoms with Gasteiger partial charge in [0.25, 0.3) is 0 Å². The molecule has 0 atom stereocenters. The summed E-state index contributed by atoms with van der Waals surface area (Å²) < 4.78 is 0. The number of hydrogen-bond donors (Lipinski definition) is 1. The van der Waals surface area contributed by atoms with Gasteiger partial charge < -0.3 is 5.32 Å². The summed E-state index contributed by atoms with van der Waals surface area (Å²) in [5, 5.41) is 12.4. The Morgan fingerprint density at radius 2 is 2.07 bits per heavy atom. The highest BCUT2D eigenvalue weighted by Gasteiger charge is 2.20. The van der Waals surface area contributed by atoms with E-state index in [1.54, 1.807) is 0 Å². The third-order valence-corrected chi connectivity index (χ3v) is 2.49. The van der Waals surface area contributed by atoms with Gasteiger partial charge in [-0.1, -0.05) is 32.1 Å². The lowest BCUT2D eigenvalue weighted by molar-refractivity contribution is -0.128. The lowest BCUT2D eigenvalue weighted by Gasteiger charge is -2.16. The third-order valence-electron chi connectivity index (χ3n) is 1.65. The summed E-state index contributed by atoms with van der Waals surface area (Å²) in [5.74, 6) is 0.0327. The number of hydrogen-bond acceptors (Lipinski definition) is 4. The first-order chi connectivity index (χ1) is 6.39. The summed E-state index contributed by atoms with van der Waals surface area (Å²) >= 11 is 1.50. The molecule has 4 nitrogen and oxygen atoms in total. The summed E-state index contributed by atoms with van der Waals surface area (Å²) in [7, 11) is 0. The van der Waals surface area contributed by atoms with Crippen LogP contribution < -0.4 is 5.32 Å². The van der Waals surface area contributed by atoms with Crippen molar-refractivity contribution in [3.8, 4) is 0 Å². The maximum Gasteiger partial charge on any atom is 0.225 e. The van der Waals surface area contributed by atoms with Crippen LogP contribution in [0.2, 0.25) is 0 Å². The number of aryl methyl sites for hydroxylation is 1. The average Bonchev–Trinajstić information content (AvgIpc) is 2.45. The van der Waals surface area contributed by atoms with Gasteiger partial charge in [0.15, 0.2) is 0 Å². The summed E-state index contributed by atoms with van der Waals surface area (Å²) in [6.07, 6.45) is 0. The Hall–Kier alpha value is -0.970. The van der Waals surface area contributed by atoms with Crippen LogP contribution in [0.4, 0.5) is 0 Å². The van der Waals surface area contributed by atoms with E-state index in [4.69, 9.17) is 0 Å². The molecule has 0 unspecified atom stereocenters. The summed E-state index contributed by atoms with van der Waals surface area (Å²) in [6, 6.07) is 0. The van der Waals surface area contributed by atoms with E-state index < -0.39 is 0 Å². The van der Waals surface area contributed by atoms with E-state index in [9.17, 15) is 4.79 Å². The van der Waals surface area contributed by atoms with E-state index >= 15 is 0 Å². The number of nitrogens with one attached hydrogen (secondary N) is 1. The van der Waals surface area contributed by atoms with Crippen molar-refractivity contribution in [2.45, 2.75) is 34.2 Å². The molecule has 0 saturated heterocycles. The Morgan fingerprint density at radius 3 is 2.50 bits per heavy atom. The first-order valence-corrected chi connectivity index (χ1v) is 5.28. The fourth-order valence-electron chi connectivity index (χ4n) is 0.830. The zero-order chi connectivity index (χ0) is 10.8. The molecule has 0 aliphatic heterocycles. The second-order valence-electron chi connectivity index (χ2n) is 4.15. The van der Waals surface area contributed by atoms with E-state index in [2.05, 4.69) is 15.5 Å². The number of aromatic nitrogens is 2. The zero-order valence-corrected chi connectivity index (χ0v) is 9.73. The molecule has 0 spiro atoms. The van der Waals surface area contributed by atoms with Gasteiger partial charge in [0.2, 0.25) is 5.91 Å². The highest BCUT2D eigenvalue weighted by molar-refractivity contribution is 7.11. The molecule has 0 saturated carbocycles. The van der Waals surface area contributed by atoms with Gasteiger partial charge in [-0.05, 0) is 6.92 Å². The molecule has 0 radical (unpaired) electrons. The molecule has 78 valence electrons. The molecule has 14 heavy (non-hydrogen) atoms. The number of nitrogens with zero attached hydrogens (tertiary/aromatic N) is 2. The van der Waals surface area contributed by atoms with Crippen LogP contribution in [0.3, 0.4) is 0 Å². The first kappa shape index (κ1) is 11.1. The minimum absolute atomic E-state index is 0.0327. The molecule has 0 fully saturated rings. The minimum atomic E-state index is -0.347. The Balaban J connectivity index is 2.46. The van der Waals surface area contributed by atoms with Crippen LogP contribution in [-0.4, -0.2) is 16.1 Å². The average molecular weight is 213 g/mol. The van der Waals surface area contributed by atoms with Gasteiger partial charge in [0.1, 0.15) is 10.0 Å². The molecule has 0 aliphatic carbocycles. The molecule has 1 amide bonds. The second kappa shape index (κ2) is 4.04. The fraction of sp³-hybridized carbons (Fsp3) is 0.667. The van der Waals surface area contributed by atoms with E-state index in [1.807, 2.05) is 27.7 Å². The van der Waals surface area contributed by atoms with Crippen molar-refractivity contribution in [3.05, 3.63) is 10.0 Å². The fourth-order valence-corrected chi connectivity index (χ4v) is 1.48. The lowest BCUT2D eigenvalue weighted by Crippen LogP contribution is -2.34. The SMILES string of the molecule is Cc1nnc(CNC(=O)C(C)(C)C)s1. The highest BCUT2D eigenvalue weighted by Crippen LogP contribution is 2.13. The minimum Gasteiger partial charge on any atom is -0.349 e. The quantitative estimate of drug-likeness (QED) is 0.810. The van der Waals surface area contributed by atoms with Gasteiger partial charge in [-0.3, -0.25) is 4.79 Å². The summed E-state index contributed by atoms with van der Waals surface area (Å²) in [4.78, 5) is 11.5. The normalized spacial score (nSPS) is 11.4. The molecule has 1 aromatic rings. The Labute approximate surface area is 87.7 Å². The van der Waals surface area contributed by atoms with Gasteiger partial charge in [-0.15, -0.1) is 10.2 Å². The van der Waals surface area contributed by atoms with E-state index in [0.29, 0.717) is 6.54 Å². The van der Waals surface area contributed by atoms with Crippen molar-refractivity contribution in [2.24, 2.45) is 5.41 Å². The molecule has 1 aromatic heterocycles. The van der Waals surface area contributed by atoms with Crippen LogP contribution >= 0.6 is 11.3 Å². The molecular weight excluding hydrogens is 198 g/mol. The second-order valence-corrected chi connectivity index (χ2v) is 5.41. The van der Waals surface area contributed by atoms with Crippen LogP contribution in [0.15, 0.2) is 0 Å². The number of amides is 1. The van der Waals surface area contributed by atoms with Crippen molar-refractivity contribution < 1.29 is 4.79 Å². The van der Waals surface area contributed by atoms with Crippen molar-refractivity contribution in [1.29, 1.82) is 0 Å². The Morgan fingerprint density at radius 1 is 1.43 bits per heavy atom. The Kier molecular flexibility index (Phi) is 3.21. The number of rotatable bonds is 2. The van der Waals surface area contributed by atoms with Gasteiger partial charge >= 0.3 is 0 Å². The predicted octanol–water partition coefficient (Wildman–Crippen LogP) is 1.51. The largest absolute Gasteiger partial charge is 0.349 e. The maximum absolute atomic E-state index is 11.5. The first-order valence-electron chi connectivity index (χ1n) is 4.47. The van der Waals surface area contributed by atoms with Crippen LogP contribution in [-0.2, 0) is 11.3 Å². The molecule has 5 heteroatoms. The van der Waals surface area contributed by atoms with Crippen molar-refractivity contribution in [1.82, 2.24) is 15.5 Å². The monoisotopic (exact) mass is 213 g/mol. The van der Waals surface area contributed by atoms with Gasteiger partial charge in [0, 0.05) is 5.41 Å². The zero-order valence-electron chi connectivity index (χ0n) is 8.92. The molecular formula is C9H15N3OS. The van der Waals surface area contributed by atoms with Crippen molar-refractivity contribution in [3.63, 3.8) is 0 Å². The summed E-state index contributed by atoms with van der Waals surface area (Å²) in [6.45, 7) is 8.02. The molecule has 0 aromatic carbocycles. The molecule has 1 rings (SSSR count). The molecule has 0 aliphatic rings. The number of carbonyl (C=O) groups is 1. The topological polar surface area (TPSA) is 54.9 Å². The lowest BCUT2D eigenvalue weighted by atomic mass is 9.96. The summed E-state index contributed by atoms with van der Waals surface area (Å²) in [5.41, 5.74) is -0.347. The van der Waals surface area contributed by atoms with Gasteiger partial charge in [0.05, 0.1) is 6.54 Å². The molecule has 1 N–H and O–H groups in total. The van der Waals surface area contributed by atoms with Crippen LogP contribution in [0.1, 0.15) is 30.8 Å². The van der Waals surface area contributed by atoms with E-state index in [1.165, 1.54) is 11.3 Å². The van der Waals surface area contributed by atoms with E-state index in [0.717, 1.165) is 10.0 Å². The maximum atomic E-state index is 11.5. The molecule has 1 heterocycles. The van der Waals surface area contributed by atoms with Crippen LogP contribution in [0, 0.1) is 12.3 Å². The third kappa shape index (κ3) is 3.06. The standard InChI is InChI=1S/C9H15N3OS/c1-6-11-12-7(14-6)5-10-8(13)9(2,3)4/h5H2,1-4H3,(H,10,13). The van der Waals surface area contributed by atoms with Crippen molar-refractivity contribution in [2.75, 3.05) is 0 Å². The molecule has 0 bridgehead atoms. The van der Waals surface area contributed by atoms with Crippen LogP contribution in [0.5, 0.6) is 0 Å².